The van der Waals surface area contributed by atoms with Crippen LogP contribution in [0.4, 0.5) is 0 Å². The molecule has 0 aliphatic carbocycles. The number of rotatable bonds is 1. The SMILES string of the molecule is Cn1c([Si](C)(C)C)cc2cc(Cl)ccc21. The number of nitrogens with zero attached hydrogens (tertiary/aromatic N) is 1. The molecule has 0 unspecified atom stereocenters. The van der Waals surface area contributed by atoms with E-state index in [9.17, 15) is 0 Å². The van der Waals surface area contributed by atoms with Gasteiger partial charge in [-0.2, -0.15) is 0 Å². The Morgan fingerprint density at radius 1 is 1.13 bits per heavy atom. The average Bonchev–Trinajstić information content (AvgIpc) is 2.42. The van der Waals surface area contributed by atoms with Gasteiger partial charge in [0.15, 0.2) is 0 Å². The summed E-state index contributed by atoms with van der Waals surface area (Å²) in [4.78, 5) is 0. The molecule has 0 bridgehead atoms. The first-order chi connectivity index (χ1) is 6.89. The quantitative estimate of drug-likeness (QED) is 0.671. The molecule has 0 fully saturated rings. The van der Waals surface area contributed by atoms with Gasteiger partial charge in [-0.3, -0.25) is 0 Å². The number of hydrogen-bond donors (Lipinski definition) is 0. The van der Waals surface area contributed by atoms with Crippen LogP contribution in [-0.2, 0) is 7.05 Å². The summed E-state index contributed by atoms with van der Waals surface area (Å²) >= 11 is 6.00. The zero-order valence-electron chi connectivity index (χ0n) is 9.63. The van der Waals surface area contributed by atoms with Crippen LogP contribution in [0.5, 0.6) is 0 Å². The molecular weight excluding hydrogens is 222 g/mol. The number of fused-ring (bicyclic) bond motifs is 1. The third-order valence-corrected chi connectivity index (χ3v) is 5.02. The van der Waals surface area contributed by atoms with Crippen LogP contribution in [0.1, 0.15) is 0 Å². The highest BCUT2D eigenvalue weighted by Crippen LogP contribution is 2.20. The molecule has 1 aromatic carbocycles. The van der Waals surface area contributed by atoms with E-state index in [0.29, 0.717) is 0 Å². The van der Waals surface area contributed by atoms with Crippen molar-refractivity contribution in [1.82, 2.24) is 4.57 Å². The minimum absolute atomic E-state index is 0.815. The molecule has 80 valence electrons. The van der Waals surface area contributed by atoms with Gasteiger partial charge < -0.3 is 4.57 Å². The molecule has 0 amide bonds. The molecule has 2 rings (SSSR count). The smallest absolute Gasteiger partial charge is 0.0984 e. The van der Waals surface area contributed by atoms with Crippen LogP contribution in [0.3, 0.4) is 0 Å². The van der Waals surface area contributed by atoms with Crippen molar-refractivity contribution >= 4 is 35.9 Å². The predicted molar refractivity (Wildman–Crippen MR) is 70.9 cm³/mol. The Kier molecular flexibility index (Phi) is 2.43. The lowest BCUT2D eigenvalue weighted by atomic mass is 10.2. The van der Waals surface area contributed by atoms with Gasteiger partial charge in [0.05, 0.1) is 8.07 Å². The maximum atomic E-state index is 6.00. The van der Waals surface area contributed by atoms with Crippen LogP contribution in [0.15, 0.2) is 24.3 Å². The maximum Gasteiger partial charge on any atom is 0.0984 e. The van der Waals surface area contributed by atoms with Crippen LogP contribution in [0.2, 0.25) is 24.7 Å². The summed E-state index contributed by atoms with van der Waals surface area (Å²) in [7, 11) is 0.884. The van der Waals surface area contributed by atoms with E-state index in [-0.39, 0.29) is 0 Å². The first-order valence-electron chi connectivity index (χ1n) is 5.15. The zero-order valence-corrected chi connectivity index (χ0v) is 11.4. The number of halogens is 1. The van der Waals surface area contributed by atoms with E-state index in [1.54, 1.807) is 0 Å². The summed E-state index contributed by atoms with van der Waals surface area (Å²) in [5.41, 5.74) is 1.27. The molecule has 0 aliphatic rings. The second-order valence-electron chi connectivity index (χ2n) is 5.04. The van der Waals surface area contributed by atoms with Crippen LogP contribution in [-0.4, -0.2) is 12.6 Å². The minimum Gasteiger partial charge on any atom is -0.352 e. The summed E-state index contributed by atoms with van der Waals surface area (Å²) in [6, 6.07) is 8.38. The van der Waals surface area contributed by atoms with E-state index in [2.05, 4.69) is 43.4 Å². The van der Waals surface area contributed by atoms with Crippen molar-refractivity contribution in [2.75, 3.05) is 0 Å². The monoisotopic (exact) mass is 237 g/mol. The lowest BCUT2D eigenvalue weighted by Crippen LogP contribution is -2.41. The topological polar surface area (TPSA) is 4.93 Å². The molecule has 1 nitrogen and oxygen atoms in total. The first-order valence-corrected chi connectivity index (χ1v) is 9.03. The number of aryl methyl sites for hydroxylation is 1. The molecule has 2 aromatic rings. The molecule has 0 spiro atoms. The Balaban J connectivity index is 2.75. The molecule has 15 heavy (non-hydrogen) atoms. The average molecular weight is 238 g/mol. The molecule has 3 heteroatoms. The second kappa shape index (κ2) is 3.39. The van der Waals surface area contributed by atoms with Gasteiger partial charge in [0, 0.05) is 28.3 Å². The van der Waals surface area contributed by atoms with Gasteiger partial charge in [0.1, 0.15) is 0 Å². The second-order valence-corrected chi connectivity index (χ2v) is 10.5. The molecule has 0 atom stereocenters. The Morgan fingerprint density at radius 3 is 2.40 bits per heavy atom. The van der Waals surface area contributed by atoms with E-state index in [4.69, 9.17) is 11.6 Å². The molecule has 1 aromatic heterocycles. The van der Waals surface area contributed by atoms with Gasteiger partial charge in [-0.25, -0.2) is 0 Å². The highest BCUT2D eigenvalue weighted by Gasteiger charge is 2.21. The van der Waals surface area contributed by atoms with Crippen molar-refractivity contribution < 1.29 is 0 Å². The molecule has 0 radical (unpaired) electrons. The van der Waals surface area contributed by atoms with Crippen LogP contribution in [0.25, 0.3) is 10.9 Å². The lowest BCUT2D eigenvalue weighted by molar-refractivity contribution is 0.995. The van der Waals surface area contributed by atoms with Gasteiger partial charge in [-0.1, -0.05) is 31.2 Å². The van der Waals surface area contributed by atoms with E-state index in [1.165, 1.54) is 16.2 Å². The number of hydrogen-bond acceptors (Lipinski definition) is 0. The van der Waals surface area contributed by atoms with Gasteiger partial charge in [-0.15, -0.1) is 0 Å². The number of aromatic nitrogens is 1. The minimum atomic E-state index is -1.26. The Labute approximate surface area is 96.7 Å². The zero-order chi connectivity index (χ0) is 11.2. The third-order valence-electron chi connectivity index (χ3n) is 2.77. The van der Waals surface area contributed by atoms with E-state index in [1.807, 2.05) is 12.1 Å². The van der Waals surface area contributed by atoms with Gasteiger partial charge in [-0.05, 0) is 24.3 Å². The molecular formula is C12H16ClNSi. The van der Waals surface area contributed by atoms with E-state index < -0.39 is 8.07 Å². The lowest BCUT2D eigenvalue weighted by Gasteiger charge is -2.17. The summed E-state index contributed by atoms with van der Waals surface area (Å²) in [5.74, 6) is 0. The molecule has 0 saturated carbocycles. The Hall–Kier alpha value is -0.733. The summed E-state index contributed by atoms with van der Waals surface area (Å²) in [6.07, 6.45) is 0. The van der Waals surface area contributed by atoms with E-state index >= 15 is 0 Å². The van der Waals surface area contributed by atoms with Gasteiger partial charge in [0.25, 0.3) is 0 Å². The molecule has 0 N–H and O–H groups in total. The first kappa shape index (κ1) is 10.8. The number of benzene rings is 1. The van der Waals surface area contributed by atoms with Crippen molar-refractivity contribution in [3.8, 4) is 0 Å². The summed E-state index contributed by atoms with van der Waals surface area (Å²) < 4.78 is 2.30. The fraction of sp³-hybridized carbons (Fsp3) is 0.333. The van der Waals surface area contributed by atoms with Crippen molar-refractivity contribution in [1.29, 1.82) is 0 Å². The molecule has 1 heterocycles. The fourth-order valence-corrected chi connectivity index (χ4v) is 3.94. The van der Waals surface area contributed by atoms with Crippen molar-refractivity contribution in [2.45, 2.75) is 19.6 Å². The normalized spacial score (nSPS) is 12.3. The molecule has 0 aliphatic heterocycles. The van der Waals surface area contributed by atoms with Crippen molar-refractivity contribution in [2.24, 2.45) is 7.05 Å². The van der Waals surface area contributed by atoms with E-state index in [0.717, 1.165) is 5.02 Å². The highest BCUT2D eigenvalue weighted by molar-refractivity contribution is 6.88. The van der Waals surface area contributed by atoms with Crippen LogP contribution in [0, 0.1) is 0 Å². The maximum absolute atomic E-state index is 6.00. The van der Waals surface area contributed by atoms with Crippen molar-refractivity contribution in [3.05, 3.63) is 29.3 Å². The summed E-state index contributed by atoms with van der Waals surface area (Å²) in [5, 5.41) is 3.54. The van der Waals surface area contributed by atoms with Gasteiger partial charge >= 0.3 is 0 Å². The predicted octanol–water partition coefficient (Wildman–Crippen LogP) is 3.38. The Morgan fingerprint density at radius 2 is 1.80 bits per heavy atom. The highest BCUT2D eigenvalue weighted by atomic mass is 35.5. The van der Waals surface area contributed by atoms with Gasteiger partial charge in [0.2, 0.25) is 0 Å². The summed E-state index contributed by atoms with van der Waals surface area (Å²) in [6.45, 7) is 7.09. The standard InChI is InChI=1S/C12H16ClNSi/c1-14-11-6-5-10(13)7-9(11)8-12(14)15(2,3)4/h5-8H,1-4H3. The largest absolute Gasteiger partial charge is 0.352 e. The van der Waals surface area contributed by atoms with Crippen LogP contribution < -0.4 is 5.32 Å². The van der Waals surface area contributed by atoms with Crippen molar-refractivity contribution in [3.63, 3.8) is 0 Å². The fourth-order valence-electron chi connectivity index (χ4n) is 2.04. The van der Waals surface area contributed by atoms with Crippen LogP contribution >= 0.6 is 11.6 Å². The third kappa shape index (κ3) is 1.84. The Bertz CT molecular complexity index is 508. The molecule has 0 saturated heterocycles.